The lowest BCUT2D eigenvalue weighted by molar-refractivity contribution is 0.102. The van der Waals surface area contributed by atoms with Crippen molar-refractivity contribution in [1.29, 1.82) is 0 Å². The van der Waals surface area contributed by atoms with Gasteiger partial charge in [-0.2, -0.15) is 0 Å². The highest BCUT2D eigenvalue weighted by molar-refractivity contribution is 7.93. The molecule has 0 radical (unpaired) electrons. The molecule has 10 heteroatoms. The molecule has 0 bridgehead atoms. The second-order valence-electron chi connectivity index (χ2n) is 8.40. The van der Waals surface area contributed by atoms with Crippen LogP contribution in [0.2, 0.25) is 0 Å². The van der Waals surface area contributed by atoms with Gasteiger partial charge in [-0.15, -0.1) is 0 Å². The summed E-state index contributed by atoms with van der Waals surface area (Å²) in [6.07, 6.45) is 0. The van der Waals surface area contributed by atoms with E-state index in [0.717, 1.165) is 5.56 Å². The van der Waals surface area contributed by atoms with Crippen molar-refractivity contribution in [1.82, 2.24) is 0 Å². The monoisotopic (exact) mass is 535 g/mol. The Morgan fingerprint density at radius 1 is 0.622 bits per heavy atom. The highest BCUT2D eigenvalue weighted by atomic mass is 32.2. The van der Waals surface area contributed by atoms with Crippen molar-refractivity contribution in [2.75, 3.05) is 14.8 Å². The van der Waals surface area contributed by atoms with Crippen LogP contribution in [0.4, 0.5) is 17.1 Å². The van der Waals surface area contributed by atoms with Crippen LogP contribution in [0.1, 0.15) is 21.5 Å². The summed E-state index contributed by atoms with van der Waals surface area (Å²) in [7, 11) is -7.63. The maximum Gasteiger partial charge on any atom is 0.261 e. The number of anilines is 3. The highest BCUT2D eigenvalue weighted by Crippen LogP contribution is 2.23. The largest absolute Gasteiger partial charge is 0.322 e. The molecule has 0 spiro atoms. The van der Waals surface area contributed by atoms with Crippen molar-refractivity contribution in [2.24, 2.45) is 0 Å². The van der Waals surface area contributed by atoms with Gasteiger partial charge in [0.2, 0.25) is 0 Å². The fraction of sp³-hybridized carbons (Fsp3) is 0.0741. The molecule has 1 amide bonds. The number of benzene rings is 4. The fourth-order valence-electron chi connectivity index (χ4n) is 3.43. The molecule has 0 saturated heterocycles. The van der Waals surface area contributed by atoms with E-state index in [9.17, 15) is 21.6 Å². The first-order valence-electron chi connectivity index (χ1n) is 11.2. The third kappa shape index (κ3) is 6.35. The first kappa shape index (κ1) is 25.9. The summed E-state index contributed by atoms with van der Waals surface area (Å²) in [6, 6.07) is 25.3. The van der Waals surface area contributed by atoms with E-state index in [1.54, 1.807) is 61.5 Å². The first-order valence-corrected chi connectivity index (χ1v) is 14.2. The van der Waals surface area contributed by atoms with Gasteiger partial charge in [0.25, 0.3) is 26.0 Å². The van der Waals surface area contributed by atoms with Crippen LogP contribution < -0.4 is 14.8 Å². The van der Waals surface area contributed by atoms with Crippen molar-refractivity contribution in [3.63, 3.8) is 0 Å². The van der Waals surface area contributed by atoms with E-state index < -0.39 is 26.0 Å². The lowest BCUT2D eigenvalue weighted by atomic mass is 10.1. The molecule has 37 heavy (non-hydrogen) atoms. The SMILES string of the molecule is Cc1ccc(NS(=O)(=O)c2ccc(NC(=O)c3ccc(C)c(NS(=O)(=O)c4ccccc4)c3)cc2)cc1. The summed E-state index contributed by atoms with van der Waals surface area (Å²) in [5.41, 5.74) is 2.99. The molecule has 0 heterocycles. The molecule has 0 aliphatic rings. The Balaban J connectivity index is 1.47. The Morgan fingerprint density at radius 2 is 1.19 bits per heavy atom. The zero-order valence-corrected chi connectivity index (χ0v) is 21.7. The molecule has 0 aromatic heterocycles. The van der Waals surface area contributed by atoms with E-state index in [2.05, 4.69) is 14.8 Å². The smallest absolute Gasteiger partial charge is 0.261 e. The quantitative estimate of drug-likeness (QED) is 0.288. The molecule has 3 N–H and O–H groups in total. The number of amides is 1. The Kier molecular flexibility index (Phi) is 7.33. The molecule has 0 saturated carbocycles. The average Bonchev–Trinajstić information content (AvgIpc) is 2.87. The minimum Gasteiger partial charge on any atom is -0.322 e. The second kappa shape index (κ2) is 10.5. The van der Waals surface area contributed by atoms with Crippen LogP contribution in [-0.2, 0) is 20.0 Å². The summed E-state index contributed by atoms with van der Waals surface area (Å²) in [5.74, 6) is -0.478. The van der Waals surface area contributed by atoms with Gasteiger partial charge in [0.15, 0.2) is 0 Å². The number of nitrogens with one attached hydrogen (secondary N) is 3. The Bertz CT molecular complexity index is 1640. The van der Waals surface area contributed by atoms with Crippen molar-refractivity contribution in [3.05, 3.63) is 114 Å². The number of sulfonamides is 2. The van der Waals surface area contributed by atoms with Gasteiger partial charge in [-0.25, -0.2) is 16.8 Å². The minimum atomic E-state index is -3.83. The van der Waals surface area contributed by atoms with Gasteiger partial charge in [-0.05, 0) is 80.1 Å². The molecule has 4 aromatic carbocycles. The molecule has 0 aliphatic carbocycles. The van der Waals surface area contributed by atoms with Crippen LogP contribution >= 0.6 is 0 Å². The molecule has 0 atom stereocenters. The van der Waals surface area contributed by atoms with Crippen molar-refractivity contribution >= 4 is 43.0 Å². The minimum absolute atomic E-state index is 0.0408. The van der Waals surface area contributed by atoms with Crippen molar-refractivity contribution in [3.8, 4) is 0 Å². The number of carbonyl (C=O) groups excluding carboxylic acids is 1. The average molecular weight is 536 g/mol. The van der Waals surface area contributed by atoms with Crippen LogP contribution in [0.15, 0.2) is 107 Å². The molecular weight excluding hydrogens is 510 g/mol. The molecule has 0 unspecified atom stereocenters. The van der Waals surface area contributed by atoms with Gasteiger partial charge in [0, 0.05) is 16.9 Å². The summed E-state index contributed by atoms with van der Waals surface area (Å²) < 4.78 is 55.8. The Morgan fingerprint density at radius 3 is 1.84 bits per heavy atom. The van der Waals surface area contributed by atoms with Gasteiger partial charge in [0.05, 0.1) is 15.5 Å². The lowest BCUT2D eigenvalue weighted by Gasteiger charge is -2.13. The zero-order valence-electron chi connectivity index (χ0n) is 20.1. The van der Waals surface area contributed by atoms with Crippen LogP contribution in [-0.4, -0.2) is 22.7 Å². The van der Waals surface area contributed by atoms with Gasteiger partial charge < -0.3 is 5.32 Å². The van der Waals surface area contributed by atoms with Gasteiger partial charge >= 0.3 is 0 Å². The Labute approximate surface area is 216 Å². The lowest BCUT2D eigenvalue weighted by Crippen LogP contribution is -2.16. The molecule has 190 valence electrons. The number of carbonyl (C=O) groups is 1. The fourth-order valence-corrected chi connectivity index (χ4v) is 5.63. The summed E-state index contributed by atoms with van der Waals surface area (Å²) in [5, 5.41) is 2.70. The van der Waals surface area contributed by atoms with Gasteiger partial charge in [0.1, 0.15) is 0 Å². The van der Waals surface area contributed by atoms with Crippen LogP contribution in [0.25, 0.3) is 0 Å². The third-order valence-electron chi connectivity index (χ3n) is 5.52. The van der Waals surface area contributed by atoms with E-state index in [-0.39, 0.29) is 21.0 Å². The summed E-state index contributed by atoms with van der Waals surface area (Å²) in [4.78, 5) is 13.0. The predicted octanol–water partition coefficient (Wildman–Crippen LogP) is 5.16. The van der Waals surface area contributed by atoms with E-state index in [1.807, 2.05) is 6.92 Å². The molecular formula is C27H25N3O5S2. The molecule has 4 rings (SSSR count). The maximum absolute atomic E-state index is 12.8. The van der Waals surface area contributed by atoms with Crippen LogP contribution in [0.5, 0.6) is 0 Å². The van der Waals surface area contributed by atoms with Gasteiger partial charge in [-0.1, -0.05) is 42.0 Å². The van der Waals surface area contributed by atoms with Crippen LogP contribution in [0.3, 0.4) is 0 Å². The third-order valence-corrected chi connectivity index (χ3v) is 8.30. The number of hydrogen-bond donors (Lipinski definition) is 3. The Hall–Kier alpha value is -4.15. The van der Waals surface area contributed by atoms with Gasteiger partial charge in [-0.3, -0.25) is 14.2 Å². The normalized spacial score (nSPS) is 11.5. The molecule has 0 aliphatic heterocycles. The summed E-state index contributed by atoms with van der Waals surface area (Å²) >= 11 is 0. The van der Waals surface area contributed by atoms with Crippen molar-refractivity contribution < 1.29 is 21.6 Å². The second-order valence-corrected chi connectivity index (χ2v) is 11.8. The summed E-state index contributed by atoms with van der Waals surface area (Å²) in [6.45, 7) is 3.64. The van der Waals surface area contributed by atoms with E-state index in [4.69, 9.17) is 0 Å². The van der Waals surface area contributed by atoms with Crippen molar-refractivity contribution in [2.45, 2.75) is 23.6 Å². The first-order chi connectivity index (χ1) is 17.5. The number of hydrogen-bond acceptors (Lipinski definition) is 5. The van der Waals surface area contributed by atoms with E-state index >= 15 is 0 Å². The van der Waals surface area contributed by atoms with E-state index in [0.29, 0.717) is 16.9 Å². The molecule has 4 aromatic rings. The molecule has 0 fully saturated rings. The maximum atomic E-state index is 12.8. The number of rotatable bonds is 8. The predicted molar refractivity (Wildman–Crippen MR) is 145 cm³/mol. The molecule has 8 nitrogen and oxygen atoms in total. The number of aryl methyl sites for hydroxylation is 2. The topological polar surface area (TPSA) is 121 Å². The highest BCUT2D eigenvalue weighted by Gasteiger charge is 2.17. The van der Waals surface area contributed by atoms with Crippen LogP contribution in [0, 0.1) is 13.8 Å². The van der Waals surface area contributed by atoms with E-state index in [1.165, 1.54) is 42.5 Å². The zero-order chi connectivity index (χ0) is 26.6. The standard InChI is InChI=1S/C27H25N3O5S2/c1-19-8-12-23(13-9-19)29-36(32,33)25-16-14-22(15-17-25)28-27(31)21-11-10-20(2)26(18-21)30-37(34,35)24-6-4-3-5-7-24/h3-18,29-30H,1-2H3,(H,28,31).